The van der Waals surface area contributed by atoms with Crippen LogP contribution in [0.4, 0.5) is 0 Å². The van der Waals surface area contributed by atoms with Gasteiger partial charge in [-0.25, -0.2) is 4.98 Å². The molecular weight excluding hydrogens is 372 g/mol. The molecule has 3 heterocycles. The molecule has 0 bridgehead atoms. The number of carbonyl (C=O) groups is 1. The van der Waals surface area contributed by atoms with Gasteiger partial charge in [-0.1, -0.05) is 12.1 Å². The Bertz CT molecular complexity index is 818. The van der Waals surface area contributed by atoms with Crippen molar-refractivity contribution in [3.63, 3.8) is 0 Å². The minimum absolute atomic E-state index is 0. The zero-order valence-corrected chi connectivity index (χ0v) is 18.0. The van der Waals surface area contributed by atoms with Crippen LogP contribution in [0.25, 0.3) is 11.0 Å². The zero-order chi connectivity index (χ0) is 19.0. The van der Waals surface area contributed by atoms with E-state index in [1.807, 2.05) is 0 Å². The van der Waals surface area contributed by atoms with Crippen molar-refractivity contribution in [3.8, 4) is 0 Å². The maximum absolute atomic E-state index is 13.1. The number of aromatic nitrogens is 2. The predicted molar refractivity (Wildman–Crippen MR) is 116 cm³/mol. The summed E-state index contributed by atoms with van der Waals surface area (Å²) in [6.07, 6.45) is 4.11. The van der Waals surface area contributed by atoms with Gasteiger partial charge in [-0.15, -0.1) is 12.4 Å². The summed E-state index contributed by atoms with van der Waals surface area (Å²) in [5.41, 5.74) is 2.27. The molecule has 28 heavy (non-hydrogen) atoms. The molecule has 6 heteroatoms. The predicted octanol–water partition coefficient (Wildman–Crippen LogP) is 4.13. The van der Waals surface area contributed by atoms with Crippen molar-refractivity contribution < 1.29 is 4.79 Å². The first-order chi connectivity index (χ1) is 13.0. The summed E-state index contributed by atoms with van der Waals surface area (Å²) < 4.78 is 2.38. The van der Waals surface area contributed by atoms with E-state index in [1.54, 1.807) is 0 Å². The Labute approximate surface area is 174 Å². The van der Waals surface area contributed by atoms with Gasteiger partial charge in [0.05, 0.1) is 11.0 Å². The summed E-state index contributed by atoms with van der Waals surface area (Å²) in [4.78, 5) is 20.3. The van der Waals surface area contributed by atoms with Gasteiger partial charge < -0.3 is 14.8 Å². The van der Waals surface area contributed by atoms with E-state index < -0.39 is 0 Å². The van der Waals surface area contributed by atoms with E-state index >= 15 is 0 Å². The first-order valence-electron chi connectivity index (χ1n) is 10.5. The quantitative estimate of drug-likeness (QED) is 0.836. The lowest BCUT2D eigenvalue weighted by atomic mass is 9.90. The first-order valence-corrected chi connectivity index (χ1v) is 10.5. The van der Waals surface area contributed by atoms with Gasteiger partial charge in [-0.2, -0.15) is 0 Å². The van der Waals surface area contributed by atoms with Gasteiger partial charge >= 0.3 is 0 Å². The second kappa shape index (κ2) is 8.83. The number of benzene rings is 1. The summed E-state index contributed by atoms with van der Waals surface area (Å²) in [5.74, 6) is 2.03. The lowest BCUT2D eigenvalue weighted by molar-refractivity contribution is -0.138. The maximum atomic E-state index is 13.1. The van der Waals surface area contributed by atoms with Crippen LogP contribution in [0.15, 0.2) is 24.3 Å². The highest BCUT2D eigenvalue weighted by Gasteiger charge is 2.33. The molecule has 2 aliphatic heterocycles. The molecule has 2 fully saturated rings. The standard InChI is InChI=1S/C22H32N4O.ClH/c1-15(2)26-20-9-5-4-8-19(20)24-21(26)18-7-6-12-25(14-18)22(27)17-10-11-23-16(3)13-17;/h4-5,8-9,15-18,23H,6-7,10-14H2,1-3H3;1H/t16-,17-,18?;/m0./s1. The smallest absolute Gasteiger partial charge is 0.225 e. The molecule has 3 atom stereocenters. The van der Waals surface area contributed by atoms with E-state index in [-0.39, 0.29) is 18.3 Å². The Morgan fingerprint density at radius 1 is 1.25 bits per heavy atom. The number of imidazole rings is 1. The minimum atomic E-state index is 0. The highest BCUT2D eigenvalue weighted by atomic mass is 35.5. The fourth-order valence-electron chi connectivity index (χ4n) is 4.90. The van der Waals surface area contributed by atoms with Crippen LogP contribution >= 0.6 is 12.4 Å². The van der Waals surface area contributed by atoms with Gasteiger partial charge in [0.15, 0.2) is 0 Å². The van der Waals surface area contributed by atoms with Gasteiger partial charge in [0.2, 0.25) is 5.91 Å². The molecule has 1 unspecified atom stereocenters. The van der Waals surface area contributed by atoms with Crippen LogP contribution in [0, 0.1) is 5.92 Å². The Hall–Kier alpha value is -1.59. The second-order valence-corrected chi connectivity index (χ2v) is 8.62. The van der Waals surface area contributed by atoms with E-state index in [1.165, 1.54) is 5.52 Å². The molecule has 0 saturated carbocycles. The number of nitrogens with one attached hydrogen (secondary N) is 1. The molecule has 0 radical (unpaired) electrons. The fourth-order valence-corrected chi connectivity index (χ4v) is 4.90. The van der Waals surface area contributed by atoms with E-state index in [0.29, 0.717) is 23.9 Å². The summed E-state index contributed by atoms with van der Waals surface area (Å²) >= 11 is 0. The third-order valence-electron chi connectivity index (χ3n) is 6.21. The summed E-state index contributed by atoms with van der Waals surface area (Å²) in [6, 6.07) is 9.20. The van der Waals surface area contributed by atoms with Crippen molar-refractivity contribution in [3.05, 3.63) is 30.1 Å². The topological polar surface area (TPSA) is 50.2 Å². The molecule has 2 aliphatic rings. The number of likely N-dealkylation sites (tertiary alicyclic amines) is 1. The van der Waals surface area contributed by atoms with E-state index in [2.05, 4.69) is 59.8 Å². The number of hydrogen-bond acceptors (Lipinski definition) is 3. The molecule has 154 valence electrons. The number of nitrogens with zero attached hydrogens (tertiary/aromatic N) is 3. The summed E-state index contributed by atoms with van der Waals surface area (Å²) in [5, 5.41) is 3.46. The van der Waals surface area contributed by atoms with Crippen molar-refractivity contribution in [1.82, 2.24) is 19.8 Å². The molecule has 1 amide bonds. The van der Waals surface area contributed by atoms with Crippen molar-refractivity contribution in [1.29, 1.82) is 0 Å². The van der Waals surface area contributed by atoms with Crippen LogP contribution in [0.1, 0.15) is 64.2 Å². The maximum Gasteiger partial charge on any atom is 0.225 e. The molecule has 1 aromatic carbocycles. The van der Waals surface area contributed by atoms with Crippen molar-refractivity contribution in [2.24, 2.45) is 5.92 Å². The van der Waals surface area contributed by atoms with Gasteiger partial charge in [0.25, 0.3) is 0 Å². The molecule has 4 rings (SSSR count). The monoisotopic (exact) mass is 404 g/mol. The van der Waals surface area contributed by atoms with Crippen LogP contribution < -0.4 is 5.32 Å². The van der Waals surface area contributed by atoms with Crippen molar-refractivity contribution in [2.75, 3.05) is 19.6 Å². The Morgan fingerprint density at radius 3 is 2.79 bits per heavy atom. The van der Waals surface area contributed by atoms with Gasteiger partial charge in [-0.05, 0) is 65.1 Å². The molecule has 5 nitrogen and oxygen atoms in total. The van der Waals surface area contributed by atoms with E-state index in [9.17, 15) is 4.79 Å². The minimum Gasteiger partial charge on any atom is -0.342 e. The highest BCUT2D eigenvalue weighted by Crippen LogP contribution is 2.32. The Morgan fingerprint density at radius 2 is 2.04 bits per heavy atom. The fraction of sp³-hybridized carbons (Fsp3) is 0.636. The Kier molecular flexibility index (Phi) is 6.66. The lowest BCUT2D eigenvalue weighted by Gasteiger charge is -2.37. The highest BCUT2D eigenvalue weighted by molar-refractivity contribution is 5.85. The van der Waals surface area contributed by atoms with Crippen molar-refractivity contribution >= 4 is 29.3 Å². The summed E-state index contributed by atoms with van der Waals surface area (Å²) in [6.45, 7) is 9.30. The largest absolute Gasteiger partial charge is 0.342 e. The number of piperidine rings is 2. The number of hydrogen-bond donors (Lipinski definition) is 1. The average Bonchev–Trinajstić information content (AvgIpc) is 3.07. The molecular formula is C22H33ClN4O. The van der Waals surface area contributed by atoms with Crippen molar-refractivity contribution in [2.45, 2.75) is 64.5 Å². The van der Waals surface area contributed by atoms with Crippen LogP contribution in [0.5, 0.6) is 0 Å². The van der Waals surface area contributed by atoms with Crippen LogP contribution in [-0.4, -0.2) is 46.0 Å². The Balaban J connectivity index is 0.00000225. The van der Waals surface area contributed by atoms with Gasteiger partial charge in [-0.3, -0.25) is 4.79 Å². The third kappa shape index (κ3) is 4.06. The zero-order valence-electron chi connectivity index (χ0n) is 17.2. The normalized spacial score (nSPS) is 25.7. The molecule has 1 aromatic heterocycles. The van der Waals surface area contributed by atoms with Crippen LogP contribution in [-0.2, 0) is 4.79 Å². The molecule has 2 aromatic rings. The SMILES string of the molecule is CC(C)n1c(C2CCCN(C(=O)[C@H]3CCN[C@@H](C)C3)C2)nc2ccccc21.Cl. The molecule has 2 saturated heterocycles. The number of rotatable bonds is 3. The lowest BCUT2D eigenvalue weighted by Crippen LogP contribution is -2.47. The second-order valence-electron chi connectivity index (χ2n) is 8.62. The van der Waals surface area contributed by atoms with Gasteiger partial charge in [0, 0.05) is 37.0 Å². The van der Waals surface area contributed by atoms with E-state index in [0.717, 1.165) is 56.7 Å². The number of amides is 1. The van der Waals surface area contributed by atoms with Gasteiger partial charge in [0.1, 0.15) is 5.82 Å². The summed E-state index contributed by atoms with van der Waals surface area (Å²) in [7, 11) is 0. The first kappa shape index (κ1) is 21.1. The number of carbonyl (C=O) groups excluding carboxylic acids is 1. The van der Waals surface area contributed by atoms with Crippen LogP contribution in [0.3, 0.4) is 0 Å². The number of fused-ring (bicyclic) bond motifs is 1. The van der Waals surface area contributed by atoms with Crippen LogP contribution in [0.2, 0.25) is 0 Å². The van der Waals surface area contributed by atoms with E-state index in [4.69, 9.17) is 4.98 Å². The number of para-hydroxylation sites is 2. The number of halogens is 1. The third-order valence-corrected chi connectivity index (χ3v) is 6.21. The molecule has 0 aliphatic carbocycles. The average molecular weight is 405 g/mol. The molecule has 0 spiro atoms. The molecule has 1 N–H and O–H groups in total.